The molecule has 27 heavy (non-hydrogen) atoms. The van der Waals surface area contributed by atoms with Gasteiger partial charge in [-0.3, -0.25) is 0 Å². The molecule has 2 aliphatic heterocycles. The van der Waals surface area contributed by atoms with Crippen molar-refractivity contribution in [3.63, 3.8) is 0 Å². The van der Waals surface area contributed by atoms with Crippen LogP contribution < -0.4 is 14.8 Å². The van der Waals surface area contributed by atoms with E-state index in [0.717, 1.165) is 23.3 Å². The fourth-order valence-electron chi connectivity index (χ4n) is 3.33. The minimum absolute atomic E-state index is 0.0822. The molecule has 0 radical (unpaired) electrons. The van der Waals surface area contributed by atoms with Gasteiger partial charge in [-0.25, -0.2) is 4.79 Å². The number of rotatable bonds is 3. The first-order valence-corrected chi connectivity index (χ1v) is 9.03. The predicted molar refractivity (Wildman–Crippen MR) is 102 cm³/mol. The van der Waals surface area contributed by atoms with E-state index >= 15 is 0 Å². The molecule has 2 aromatic carbocycles. The summed E-state index contributed by atoms with van der Waals surface area (Å²) in [5, 5.41) is 12.5. The van der Waals surface area contributed by atoms with Gasteiger partial charge in [0.25, 0.3) is 0 Å². The van der Waals surface area contributed by atoms with Gasteiger partial charge in [0.05, 0.1) is 6.04 Å². The van der Waals surface area contributed by atoms with Crippen LogP contribution >= 0.6 is 0 Å². The van der Waals surface area contributed by atoms with Crippen molar-refractivity contribution >= 4 is 11.6 Å². The molecule has 6 nitrogen and oxygen atoms in total. The summed E-state index contributed by atoms with van der Waals surface area (Å²) in [6.45, 7) is 3.42. The minimum atomic E-state index is -0.130. The van der Waals surface area contributed by atoms with Gasteiger partial charge in [-0.1, -0.05) is 24.3 Å². The molecule has 1 atom stereocenters. The maximum atomic E-state index is 12.6. The van der Waals surface area contributed by atoms with E-state index in [4.69, 9.17) is 9.47 Å². The molecule has 2 amide bonds. The number of hydrogen-bond donors (Lipinski definition) is 2. The molecule has 0 fully saturated rings. The lowest BCUT2D eigenvalue weighted by molar-refractivity contribution is 0.174. The zero-order valence-corrected chi connectivity index (χ0v) is 15.1. The monoisotopic (exact) mass is 366 g/mol. The van der Waals surface area contributed by atoms with Crippen LogP contribution in [0.15, 0.2) is 48.5 Å². The van der Waals surface area contributed by atoms with Crippen LogP contribution in [-0.4, -0.2) is 35.9 Å². The van der Waals surface area contributed by atoms with Crippen molar-refractivity contribution in [1.29, 1.82) is 0 Å². The zero-order valence-electron chi connectivity index (χ0n) is 15.1. The summed E-state index contributed by atoms with van der Waals surface area (Å²) >= 11 is 0. The maximum Gasteiger partial charge on any atom is 0.318 e. The van der Waals surface area contributed by atoms with E-state index in [0.29, 0.717) is 18.8 Å². The van der Waals surface area contributed by atoms with Crippen molar-refractivity contribution in [3.05, 3.63) is 59.7 Å². The van der Waals surface area contributed by atoms with E-state index in [1.165, 1.54) is 5.57 Å². The number of fused-ring (bicyclic) bond motifs is 1. The molecule has 0 saturated carbocycles. The lowest BCUT2D eigenvalue weighted by atomic mass is 9.99. The van der Waals surface area contributed by atoms with E-state index in [1.54, 1.807) is 17.0 Å². The predicted octanol–water partition coefficient (Wildman–Crippen LogP) is 3.68. The number of nitrogens with zero attached hydrogens (tertiary/aromatic N) is 1. The molecular formula is C21H22N2O4. The van der Waals surface area contributed by atoms with Crippen LogP contribution in [0.2, 0.25) is 0 Å². The molecule has 0 aromatic heterocycles. The molecule has 6 heteroatoms. The number of phenols is 1. The number of nitrogens with one attached hydrogen (secondary N) is 1. The summed E-state index contributed by atoms with van der Waals surface area (Å²) in [5.41, 5.74) is 3.26. The number of amides is 2. The third kappa shape index (κ3) is 3.69. The fraction of sp³-hybridized carbons (Fsp3) is 0.286. The Bertz CT molecular complexity index is 876. The van der Waals surface area contributed by atoms with Crippen molar-refractivity contribution < 1.29 is 19.4 Å². The van der Waals surface area contributed by atoms with Crippen LogP contribution in [-0.2, 0) is 0 Å². The van der Waals surface area contributed by atoms with Crippen molar-refractivity contribution in [2.45, 2.75) is 19.4 Å². The van der Waals surface area contributed by atoms with Gasteiger partial charge in [-0.2, -0.15) is 0 Å². The van der Waals surface area contributed by atoms with Gasteiger partial charge in [0, 0.05) is 13.1 Å². The number of carbonyl (C=O) groups is 1. The Labute approximate surface area is 158 Å². The Morgan fingerprint density at radius 1 is 1.15 bits per heavy atom. The smallest absolute Gasteiger partial charge is 0.318 e. The normalized spacial score (nSPS) is 16.6. The fourth-order valence-corrected chi connectivity index (χ4v) is 3.33. The molecule has 2 aliphatic rings. The van der Waals surface area contributed by atoms with Gasteiger partial charge in [0.2, 0.25) is 6.79 Å². The van der Waals surface area contributed by atoms with E-state index in [1.807, 2.05) is 37.3 Å². The van der Waals surface area contributed by atoms with Crippen molar-refractivity contribution in [2.75, 3.05) is 19.9 Å². The first-order chi connectivity index (χ1) is 13.1. The molecule has 2 N–H and O–H groups in total. The summed E-state index contributed by atoms with van der Waals surface area (Å²) in [7, 11) is 0. The Morgan fingerprint density at radius 3 is 2.67 bits per heavy atom. The van der Waals surface area contributed by atoms with Crippen molar-refractivity contribution in [3.8, 4) is 17.2 Å². The third-order valence-electron chi connectivity index (χ3n) is 4.97. The Balaban J connectivity index is 1.37. The average molecular weight is 366 g/mol. The van der Waals surface area contributed by atoms with E-state index in [-0.39, 0.29) is 24.6 Å². The molecule has 0 unspecified atom stereocenters. The summed E-state index contributed by atoms with van der Waals surface area (Å²) in [6.07, 6.45) is 2.86. The number of urea groups is 1. The van der Waals surface area contributed by atoms with Gasteiger partial charge in [0.15, 0.2) is 11.5 Å². The number of ether oxygens (including phenoxy) is 2. The minimum Gasteiger partial charge on any atom is -0.508 e. The quantitative estimate of drug-likeness (QED) is 0.869. The summed E-state index contributed by atoms with van der Waals surface area (Å²) in [5.74, 6) is 1.71. The molecule has 0 saturated heterocycles. The molecule has 0 spiro atoms. The summed E-state index contributed by atoms with van der Waals surface area (Å²) < 4.78 is 10.7. The third-order valence-corrected chi connectivity index (χ3v) is 4.97. The lowest BCUT2D eigenvalue weighted by Crippen LogP contribution is -2.43. The zero-order chi connectivity index (χ0) is 18.8. The van der Waals surface area contributed by atoms with Crippen LogP contribution in [0.25, 0.3) is 5.57 Å². The number of benzene rings is 2. The van der Waals surface area contributed by atoms with Crippen LogP contribution in [0.3, 0.4) is 0 Å². The standard InChI is InChI=1S/C21H22N2O4/c1-14(17-4-7-19-20(12-17)27-13-26-19)22-21(25)23-10-8-16(9-11-23)15-2-5-18(24)6-3-15/h2-8,12,14,24H,9-11,13H2,1H3,(H,22,25)/t14-/m1/s1. The van der Waals surface area contributed by atoms with E-state index in [9.17, 15) is 9.90 Å². The molecule has 0 bridgehead atoms. The average Bonchev–Trinajstić information content (AvgIpc) is 3.16. The first kappa shape index (κ1) is 17.3. The highest BCUT2D eigenvalue weighted by molar-refractivity contribution is 5.77. The summed E-state index contributed by atoms with van der Waals surface area (Å²) in [4.78, 5) is 14.4. The maximum absolute atomic E-state index is 12.6. The second-order valence-electron chi connectivity index (χ2n) is 6.76. The summed E-state index contributed by atoms with van der Waals surface area (Å²) in [6, 6.07) is 12.7. The highest BCUT2D eigenvalue weighted by Gasteiger charge is 2.21. The van der Waals surface area contributed by atoms with Crippen molar-refractivity contribution in [1.82, 2.24) is 10.2 Å². The molecular weight excluding hydrogens is 344 g/mol. The second-order valence-corrected chi connectivity index (χ2v) is 6.76. The van der Waals surface area contributed by atoms with Crippen LogP contribution in [0.5, 0.6) is 17.2 Å². The van der Waals surface area contributed by atoms with Gasteiger partial charge >= 0.3 is 6.03 Å². The number of phenolic OH excluding ortho intramolecular Hbond substituents is 1. The van der Waals surface area contributed by atoms with Crippen molar-refractivity contribution in [2.24, 2.45) is 0 Å². The SMILES string of the molecule is C[C@@H](NC(=O)N1CC=C(c2ccc(O)cc2)CC1)c1ccc2c(c1)OCO2. The van der Waals surface area contributed by atoms with Gasteiger partial charge in [0.1, 0.15) is 5.75 Å². The highest BCUT2D eigenvalue weighted by Crippen LogP contribution is 2.34. The van der Waals surface area contributed by atoms with E-state index < -0.39 is 0 Å². The van der Waals surface area contributed by atoms with Crippen LogP contribution in [0, 0.1) is 0 Å². The Hall–Kier alpha value is -3.15. The Kier molecular flexibility index (Phi) is 4.62. The largest absolute Gasteiger partial charge is 0.508 e. The highest BCUT2D eigenvalue weighted by atomic mass is 16.7. The second kappa shape index (κ2) is 7.23. The molecule has 2 aromatic rings. The van der Waals surface area contributed by atoms with Crippen LogP contribution in [0.4, 0.5) is 4.79 Å². The topological polar surface area (TPSA) is 71.0 Å². The molecule has 140 valence electrons. The Morgan fingerprint density at radius 2 is 1.93 bits per heavy atom. The molecule has 4 rings (SSSR count). The number of hydrogen-bond acceptors (Lipinski definition) is 4. The number of carbonyl (C=O) groups excluding carboxylic acids is 1. The van der Waals surface area contributed by atoms with Gasteiger partial charge < -0.3 is 24.8 Å². The molecule has 2 heterocycles. The number of aromatic hydroxyl groups is 1. The van der Waals surface area contributed by atoms with Gasteiger partial charge in [-0.15, -0.1) is 0 Å². The van der Waals surface area contributed by atoms with Gasteiger partial charge in [-0.05, 0) is 54.3 Å². The van der Waals surface area contributed by atoms with E-state index in [2.05, 4.69) is 11.4 Å². The van der Waals surface area contributed by atoms with Crippen LogP contribution in [0.1, 0.15) is 30.5 Å². The first-order valence-electron chi connectivity index (χ1n) is 9.03. The lowest BCUT2D eigenvalue weighted by Gasteiger charge is -2.28. The molecule has 0 aliphatic carbocycles.